The highest BCUT2D eigenvalue weighted by atomic mass is 16.6. The van der Waals surface area contributed by atoms with Gasteiger partial charge in [0.1, 0.15) is 0 Å². The van der Waals surface area contributed by atoms with E-state index >= 15 is 0 Å². The first-order chi connectivity index (χ1) is 8.90. The van der Waals surface area contributed by atoms with Crippen LogP contribution in [0.5, 0.6) is 0 Å². The Kier molecular flexibility index (Phi) is 5.44. The van der Waals surface area contributed by atoms with Crippen LogP contribution in [0.25, 0.3) is 0 Å². The summed E-state index contributed by atoms with van der Waals surface area (Å²) in [5.41, 5.74) is 0.417. The van der Waals surface area contributed by atoms with Crippen LogP contribution in [0.3, 0.4) is 0 Å². The molecule has 0 bridgehead atoms. The highest BCUT2D eigenvalue weighted by molar-refractivity contribution is 5.94. The predicted molar refractivity (Wildman–Crippen MR) is 73.1 cm³/mol. The Labute approximate surface area is 112 Å². The van der Waals surface area contributed by atoms with Crippen LogP contribution in [-0.4, -0.2) is 42.9 Å². The van der Waals surface area contributed by atoms with Crippen LogP contribution in [0.1, 0.15) is 17.3 Å². The fraction of sp³-hybridized carbons (Fsp3) is 0.462. The van der Waals surface area contributed by atoms with E-state index in [2.05, 4.69) is 17.1 Å². The van der Waals surface area contributed by atoms with Gasteiger partial charge in [0.15, 0.2) is 0 Å². The molecule has 104 valence electrons. The zero-order valence-electron chi connectivity index (χ0n) is 11.4. The Hall–Kier alpha value is -1.95. The molecule has 1 aromatic rings. The van der Waals surface area contributed by atoms with Crippen LogP contribution in [0.4, 0.5) is 5.69 Å². The maximum absolute atomic E-state index is 11.8. The van der Waals surface area contributed by atoms with Gasteiger partial charge in [-0.05, 0) is 32.1 Å². The number of nitrogens with one attached hydrogen (secondary N) is 1. The number of non-ortho nitro benzene ring substituents is 1. The van der Waals surface area contributed by atoms with Gasteiger partial charge in [-0.2, -0.15) is 0 Å². The van der Waals surface area contributed by atoms with E-state index in [4.69, 9.17) is 0 Å². The summed E-state index contributed by atoms with van der Waals surface area (Å²) in [4.78, 5) is 23.9. The smallest absolute Gasteiger partial charge is 0.269 e. The Morgan fingerprint density at radius 3 is 2.42 bits per heavy atom. The van der Waals surface area contributed by atoms with Gasteiger partial charge < -0.3 is 10.2 Å². The molecule has 19 heavy (non-hydrogen) atoms. The molecule has 6 heteroatoms. The van der Waals surface area contributed by atoms with Gasteiger partial charge in [-0.3, -0.25) is 14.9 Å². The standard InChI is InChI=1S/C13H19N3O3/c1-10(9-15(2)3)8-14-13(17)11-4-6-12(7-5-11)16(18)19/h4-7,10H,8-9H2,1-3H3,(H,14,17)/t10-/m1/s1. The molecule has 0 aliphatic heterocycles. The maximum atomic E-state index is 11.8. The quantitative estimate of drug-likeness (QED) is 0.625. The summed E-state index contributed by atoms with van der Waals surface area (Å²) in [6.45, 7) is 3.52. The molecule has 1 N–H and O–H groups in total. The third-order valence-corrected chi connectivity index (χ3v) is 2.63. The molecule has 6 nitrogen and oxygen atoms in total. The molecule has 0 spiro atoms. The molecule has 1 amide bonds. The summed E-state index contributed by atoms with van der Waals surface area (Å²) in [5.74, 6) is 0.137. The van der Waals surface area contributed by atoms with E-state index < -0.39 is 4.92 Å². The Morgan fingerprint density at radius 2 is 1.95 bits per heavy atom. The molecule has 1 atom stereocenters. The minimum Gasteiger partial charge on any atom is -0.352 e. The summed E-state index contributed by atoms with van der Waals surface area (Å²) in [5, 5.41) is 13.3. The largest absolute Gasteiger partial charge is 0.352 e. The van der Waals surface area contributed by atoms with Crippen molar-refractivity contribution in [2.75, 3.05) is 27.2 Å². The fourth-order valence-electron chi connectivity index (χ4n) is 1.79. The predicted octanol–water partition coefficient (Wildman–Crippen LogP) is 1.52. The zero-order chi connectivity index (χ0) is 14.4. The zero-order valence-corrected chi connectivity index (χ0v) is 11.4. The van der Waals surface area contributed by atoms with Crippen molar-refractivity contribution in [1.29, 1.82) is 0 Å². The third kappa shape index (κ3) is 5.05. The number of nitro groups is 1. The summed E-state index contributed by atoms with van der Waals surface area (Å²) in [6.07, 6.45) is 0. The van der Waals surface area contributed by atoms with Gasteiger partial charge in [0.05, 0.1) is 4.92 Å². The first kappa shape index (κ1) is 15.1. The normalized spacial score (nSPS) is 12.2. The topological polar surface area (TPSA) is 75.5 Å². The van der Waals surface area contributed by atoms with Crippen molar-refractivity contribution < 1.29 is 9.72 Å². The van der Waals surface area contributed by atoms with Crippen LogP contribution in [0, 0.1) is 16.0 Å². The van der Waals surface area contributed by atoms with E-state index in [1.165, 1.54) is 24.3 Å². The van der Waals surface area contributed by atoms with Gasteiger partial charge >= 0.3 is 0 Å². The third-order valence-electron chi connectivity index (χ3n) is 2.63. The van der Waals surface area contributed by atoms with Crippen LogP contribution in [0.2, 0.25) is 0 Å². The van der Waals surface area contributed by atoms with Crippen molar-refractivity contribution in [3.63, 3.8) is 0 Å². The number of carbonyl (C=O) groups is 1. The number of amides is 1. The molecular weight excluding hydrogens is 246 g/mol. The minimum atomic E-state index is -0.485. The lowest BCUT2D eigenvalue weighted by Crippen LogP contribution is -2.32. The van der Waals surface area contributed by atoms with Crippen molar-refractivity contribution in [2.24, 2.45) is 5.92 Å². The molecule has 0 fully saturated rings. The Morgan fingerprint density at radius 1 is 1.37 bits per heavy atom. The van der Waals surface area contributed by atoms with Crippen molar-refractivity contribution in [1.82, 2.24) is 10.2 Å². The molecule has 0 aliphatic rings. The summed E-state index contributed by atoms with van der Waals surface area (Å²) in [6, 6.07) is 5.59. The number of nitro benzene ring substituents is 1. The van der Waals surface area contributed by atoms with Gasteiger partial charge in [0.25, 0.3) is 11.6 Å². The van der Waals surface area contributed by atoms with E-state index in [0.29, 0.717) is 18.0 Å². The van der Waals surface area contributed by atoms with E-state index in [-0.39, 0.29) is 11.6 Å². The molecule has 0 aromatic heterocycles. The maximum Gasteiger partial charge on any atom is 0.269 e. The second kappa shape index (κ2) is 6.84. The van der Waals surface area contributed by atoms with Crippen LogP contribution in [0.15, 0.2) is 24.3 Å². The summed E-state index contributed by atoms with van der Waals surface area (Å²) in [7, 11) is 3.96. The molecule has 0 aliphatic carbocycles. The van der Waals surface area contributed by atoms with Gasteiger partial charge in [-0.1, -0.05) is 6.92 Å². The van der Waals surface area contributed by atoms with Gasteiger partial charge in [0.2, 0.25) is 0 Å². The molecule has 0 unspecified atom stereocenters. The molecule has 1 rings (SSSR count). The molecule has 1 aromatic carbocycles. The Balaban J connectivity index is 2.52. The lowest BCUT2D eigenvalue weighted by molar-refractivity contribution is -0.384. The second-order valence-corrected chi connectivity index (χ2v) is 4.88. The molecule has 0 radical (unpaired) electrons. The highest BCUT2D eigenvalue weighted by Crippen LogP contribution is 2.11. The summed E-state index contributed by atoms with van der Waals surface area (Å²) < 4.78 is 0. The molecule has 0 saturated carbocycles. The van der Waals surface area contributed by atoms with Crippen molar-refractivity contribution in [2.45, 2.75) is 6.92 Å². The number of carbonyl (C=O) groups excluding carboxylic acids is 1. The van der Waals surface area contributed by atoms with E-state index in [1.54, 1.807) is 0 Å². The monoisotopic (exact) mass is 265 g/mol. The number of rotatable bonds is 6. The van der Waals surface area contributed by atoms with E-state index in [0.717, 1.165) is 6.54 Å². The van der Waals surface area contributed by atoms with E-state index in [9.17, 15) is 14.9 Å². The van der Waals surface area contributed by atoms with Gasteiger partial charge in [-0.15, -0.1) is 0 Å². The molecule has 0 heterocycles. The lowest BCUT2D eigenvalue weighted by atomic mass is 10.1. The number of hydrogen-bond acceptors (Lipinski definition) is 4. The van der Waals surface area contributed by atoms with Crippen LogP contribution < -0.4 is 5.32 Å². The fourth-order valence-corrected chi connectivity index (χ4v) is 1.79. The average molecular weight is 265 g/mol. The van der Waals surface area contributed by atoms with Crippen molar-refractivity contribution in [3.8, 4) is 0 Å². The minimum absolute atomic E-state index is 0.0162. The number of benzene rings is 1. The molecular formula is C13H19N3O3. The highest BCUT2D eigenvalue weighted by Gasteiger charge is 2.10. The number of hydrogen-bond donors (Lipinski definition) is 1. The number of nitrogens with zero attached hydrogens (tertiary/aromatic N) is 2. The average Bonchev–Trinajstić information content (AvgIpc) is 2.35. The van der Waals surface area contributed by atoms with Crippen molar-refractivity contribution >= 4 is 11.6 Å². The first-order valence-corrected chi connectivity index (χ1v) is 6.07. The Bertz CT molecular complexity index is 443. The second-order valence-electron chi connectivity index (χ2n) is 4.88. The van der Waals surface area contributed by atoms with Crippen LogP contribution in [-0.2, 0) is 0 Å². The lowest BCUT2D eigenvalue weighted by Gasteiger charge is -2.17. The molecule has 0 saturated heterocycles. The van der Waals surface area contributed by atoms with E-state index in [1.807, 2.05) is 14.1 Å². The van der Waals surface area contributed by atoms with Gasteiger partial charge in [-0.25, -0.2) is 0 Å². The van der Waals surface area contributed by atoms with Crippen molar-refractivity contribution in [3.05, 3.63) is 39.9 Å². The van der Waals surface area contributed by atoms with Gasteiger partial charge in [0, 0.05) is 30.8 Å². The first-order valence-electron chi connectivity index (χ1n) is 6.07. The summed E-state index contributed by atoms with van der Waals surface area (Å²) >= 11 is 0. The van der Waals surface area contributed by atoms with Crippen LogP contribution >= 0.6 is 0 Å². The SMILES string of the molecule is C[C@H](CNC(=O)c1ccc([N+](=O)[O-])cc1)CN(C)C.